The number of rotatable bonds is 3. The molecule has 2 aliphatic heterocycles. The topological polar surface area (TPSA) is 72.9 Å². The molecule has 2 saturated carbocycles. The third-order valence-corrected chi connectivity index (χ3v) is 8.88. The molecule has 1 aromatic carbocycles. The number of ketones is 2. The molecule has 158 valence electrons. The van der Waals surface area contributed by atoms with Gasteiger partial charge >= 0.3 is 0 Å². The first kappa shape index (κ1) is 18.4. The molecule has 1 amide bonds. The summed E-state index contributed by atoms with van der Waals surface area (Å²) in [5.41, 5.74) is 0.638. The standard InChI is InChI=1S/C24H27NO5/c1-13(26)23-9-8-16(27)21-24(23)10-11-25(22(28)14-4-3-5-14)18(23)12-15-6-7-17(29-2)20(30-21)19(15)24/h6-7,14,18,21H,3-5,8-12H2,1-2H3/t18-,21+,23-,24+/m1/s1. The Bertz CT molecular complexity index is 998. The maximum Gasteiger partial charge on any atom is 0.225 e. The Kier molecular flexibility index (Phi) is 3.60. The zero-order valence-electron chi connectivity index (χ0n) is 17.5. The Labute approximate surface area is 175 Å². The summed E-state index contributed by atoms with van der Waals surface area (Å²) in [6.45, 7) is 2.24. The van der Waals surface area contributed by atoms with E-state index in [0.717, 1.165) is 30.4 Å². The smallest absolute Gasteiger partial charge is 0.225 e. The Morgan fingerprint density at radius 3 is 2.70 bits per heavy atom. The van der Waals surface area contributed by atoms with Crippen LogP contribution in [0.2, 0.25) is 0 Å². The fraction of sp³-hybridized carbons (Fsp3) is 0.625. The molecule has 6 nitrogen and oxygen atoms in total. The lowest BCUT2D eigenvalue weighted by Crippen LogP contribution is -2.75. The van der Waals surface area contributed by atoms with Gasteiger partial charge in [0.05, 0.1) is 17.9 Å². The molecule has 1 aromatic rings. The van der Waals surface area contributed by atoms with E-state index in [4.69, 9.17) is 9.47 Å². The molecule has 0 N–H and O–H groups in total. The molecule has 3 fully saturated rings. The summed E-state index contributed by atoms with van der Waals surface area (Å²) in [5, 5.41) is 0. The van der Waals surface area contributed by atoms with Crippen molar-refractivity contribution in [3.8, 4) is 11.5 Å². The Hall–Kier alpha value is -2.37. The Morgan fingerprint density at radius 2 is 2.03 bits per heavy atom. The van der Waals surface area contributed by atoms with Gasteiger partial charge < -0.3 is 14.4 Å². The van der Waals surface area contributed by atoms with Crippen LogP contribution < -0.4 is 9.47 Å². The van der Waals surface area contributed by atoms with Crippen LogP contribution in [0.25, 0.3) is 0 Å². The second-order valence-electron chi connectivity index (χ2n) is 9.72. The molecule has 1 spiro atoms. The minimum Gasteiger partial charge on any atom is -0.493 e. The van der Waals surface area contributed by atoms with E-state index in [2.05, 4.69) is 0 Å². The van der Waals surface area contributed by atoms with Crippen molar-refractivity contribution in [1.82, 2.24) is 4.90 Å². The first-order chi connectivity index (χ1) is 14.5. The zero-order valence-corrected chi connectivity index (χ0v) is 17.5. The average Bonchev–Trinajstić information content (AvgIpc) is 3.03. The van der Waals surface area contributed by atoms with Crippen LogP contribution in [-0.4, -0.2) is 48.2 Å². The molecule has 6 rings (SSSR count). The van der Waals surface area contributed by atoms with E-state index in [1.807, 2.05) is 17.0 Å². The number of carbonyl (C=O) groups excluding carboxylic acids is 3. The van der Waals surface area contributed by atoms with E-state index in [-0.39, 0.29) is 29.4 Å². The summed E-state index contributed by atoms with van der Waals surface area (Å²) >= 11 is 0. The molecule has 0 radical (unpaired) electrons. The molecule has 3 aliphatic carbocycles. The van der Waals surface area contributed by atoms with Crippen LogP contribution in [0.4, 0.5) is 0 Å². The van der Waals surface area contributed by atoms with Gasteiger partial charge in [-0.15, -0.1) is 0 Å². The number of hydrogen-bond acceptors (Lipinski definition) is 5. The molecule has 5 aliphatic rings. The highest BCUT2D eigenvalue weighted by atomic mass is 16.5. The van der Waals surface area contributed by atoms with E-state index in [0.29, 0.717) is 43.7 Å². The Morgan fingerprint density at radius 1 is 1.23 bits per heavy atom. The van der Waals surface area contributed by atoms with Crippen LogP contribution in [0.5, 0.6) is 11.5 Å². The van der Waals surface area contributed by atoms with Gasteiger partial charge in [0.2, 0.25) is 5.91 Å². The number of likely N-dealkylation sites (tertiary alicyclic amines) is 1. The number of benzene rings is 1. The highest BCUT2D eigenvalue weighted by Gasteiger charge is 2.75. The summed E-state index contributed by atoms with van der Waals surface area (Å²) < 4.78 is 11.9. The SMILES string of the molecule is COc1ccc2c3c1O[C@H]1C(=O)CC[C@@]4(C(C)=O)[C@@H](C2)N(C(=O)C2CCC2)CC[C@]314. The quantitative estimate of drug-likeness (QED) is 0.767. The predicted octanol–water partition coefficient (Wildman–Crippen LogP) is 2.59. The number of carbonyl (C=O) groups is 3. The maximum absolute atomic E-state index is 13.5. The van der Waals surface area contributed by atoms with Gasteiger partial charge in [-0.05, 0) is 50.7 Å². The third kappa shape index (κ3) is 1.85. The van der Waals surface area contributed by atoms with Crippen molar-refractivity contribution in [2.45, 2.75) is 69.4 Å². The lowest BCUT2D eigenvalue weighted by Gasteiger charge is -2.64. The molecule has 2 heterocycles. The van der Waals surface area contributed by atoms with Crippen LogP contribution in [0, 0.1) is 11.3 Å². The zero-order chi connectivity index (χ0) is 20.8. The van der Waals surface area contributed by atoms with Gasteiger partial charge in [0, 0.05) is 30.5 Å². The molecule has 1 saturated heterocycles. The third-order valence-electron chi connectivity index (χ3n) is 8.88. The van der Waals surface area contributed by atoms with Crippen molar-refractivity contribution in [2.75, 3.05) is 13.7 Å². The summed E-state index contributed by atoms with van der Waals surface area (Å²) in [5.74, 6) is 1.70. The second-order valence-corrected chi connectivity index (χ2v) is 9.72. The van der Waals surface area contributed by atoms with Gasteiger partial charge in [0.1, 0.15) is 5.78 Å². The lowest BCUT2D eigenvalue weighted by molar-refractivity contribution is -0.174. The van der Waals surface area contributed by atoms with E-state index in [9.17, 15) is 14.4 Å². The summed E-state index contributed by atoms with van der Waals surface area (Å²) in [4.78, 5) is 42.0. The normalized spacial score (nSPS) is 35.9. The number of piperidine rings is 1. The highest BCUT2D eigenvalue weighted by molar-refractivity contribution is 5.97. The van der Waals surface area contributed by atoms with Crippen LogP contribution in [0.1, 0.15) is 56.6 Å². The number of amides is 1. The highest BCUT2D eigenvalue weighted by Crippen LogP contribution is 2.69. The van der Waals surface area contributed by atoms with Gasteiger partial charge in [-0.1, -0.05) is 12.5 Å². The van der Waals surface area contributed by atoms with Crippen molar-refractivity contribution < 1.29 is 23.9 Å². The average molecular weight is 409 g/mol. The number of Topliss-reactive ketones (excluding diaryl/α,β-unsaturated/α-hetero) is 2. The van der Waals surface area contributed by atoms with E-state index in [1.165, 1.54) is 0 Å². The summed E-state index contributed by atoms with van der Waals surface area (Å²) in [6, 6.07) is 3.72. The van der Waals surface area contributed by atoms with Crippen molar-refractivity contribution in [3.05, 3.63) is 23.3 Å². The van der Waals surface area contributed by atoms with Gasteiger partial charge in [-0.2, -0.15) is 0 Å². The van der Waals surface area contributed by atoms with Gasteiger partial charge in [0.25, 0.3) is 0 Å². The molecule has 2 bridgehead atoms. The van der Waals surface area contributed by atoms with Gasteiger partial charge in [-0.25, -0.2) is 0 Å². The number of ether oxygens (including phenoxy) is 2. The summed E-state index contributed by atoms with van der Waals surface area (Å²) in [7, 11) is 1.60. The fourth-order valence-electron chi connectivity index (χ4n) is 7.40. The van der Waals surface area contributed by atoms with Crippen LogP contribution >= 0.6 is 0 Å². The Balaban J connectivity index is 1.60. The first-order valence-electron chi connectivity index (χ1n) is 11.2. The van der Waals surface area contributed by atoms with Crippen molar-refractivity contribution in [1.29, 1.82) is 0 Å². The molecule has 4 atom stereocenters. The molecule has 0 aromatic heterocycles. The molecule has 0 unspecified atom stereocenters. The van der Waals surface area contributed by atoms with Crippen LogP contribution in [0.15, 0.2) is 12.1 Å². The minimum atomic E-state index is -0.770. The minimum absolute atomic E-state index is 0.0653. The predicted molar refractivity (Wildman–Crippen MR) is 108 cm³/mol. The first-order valence-corrected chi connectivity index (χ1v) is 11.2. The van der Waals surface area contributed by atoms with Gasteiger partial charge in [-0.3, -0.25) is 14.4 Å². The fourth-order valence-corrected chi connectivity index (χ4v) is 7.40. The van der Waals surface area contributed by atoms with E-state index >= 15 is 0 Å². The van der Waals surface area contributed by atoms with Gasteiger partial charge in [0.15, 0.2) is 23.4 Å². The van der Waals surface area contributed by atoms with Crippen molar-refractivity contribution in [2.24, 2.45) is 11.3 Å². The van der Waals surface area contributed by atoms with E-state index in [1.54, 1.807) is 14.0 Å². The molecule has 30 heavy (non-hydrogen) atoms. The second kappa shape index (κ2) is 5.86. The number of hydrogen-bond donors (Lipinski definition) is 0. The van der Waals surface area contributed by atoms with Crippen LogP contribution in [-0.2, 0) is 26.2 Å². The number of nitrogens with zero attached hydrogens (tertiary/aromatic N) is 1. The molecule has 6 heteroatoms. The van der Waals surface area contributed by atoms with Crippen LogP contribution in [0.3, 0.4) is 0 Å². The maximum atomic E-state index is 13.5. The molecular formula is C24H27NO5. The lowest BCUT2D eigenvalue weighted by atomic mass is 9.42. The summed E-state index contributed by atoms with van der Waals surface area (Å²) in [6.07, 6.45) is 4.37. The largest absolute Gasteiger partial charge is 0.493 e. The number of methoxy groups -OCH3 is 1. The van der Waals surface area contributed by atoms with Crippen molar-refractivity contribution in [3.63, 3.8) is 0 Å². The van der Waals surface area contributed by atoms with E-state index < -0.39 is 16.9 Å². The van der Waals surface area contributed by atoms with Crippen molar-refractivity contribution >= 4 is 17.5 Å². The molecular weight excluding hydrogens is 382 g/mol. The monoisotopic (exact) mass is 409 g/mol.